The number of amides is 1. The molecule has 0 saturated heterocycles. The van der Waals surface area contributed by atoms with E-state index in [1.165, 1.54) is 33.8 Å². The Morgan fingerprint density at radius 2 is 1.62 bits per heavy atom. The van der Waals surface area contributed by atoms with Gasteiger partial charge in [0.1, 0.15) is 0 Å². The molecule has 1 amide bonds. The molecule has 0 unspecified atom stereocenters. The van der Waals surface area contributed by atoms with Gasteiger partial charge in [-0.15, -0.1) is 11.8 Å². The average molecular weight is 393 g/mol. The summed E-state index contributed by atoms with van der Waals surface area (Å²) >= 11 is 1.54. The van der Waals surface area contributed by atoms with Gasteiger partial charge < -0.3 is 5.32 Å². The monoisotopic (exact) mass is 392 g/mol. The van der Waals surface area contributed by atoms with Gasteiger partial charge in [-0.2, -0.15) is 4.31 Å². The van der Waals surface area contributed by atoms with Crippen LogP contribution in [0.2, 0.25) is 0 Å². The predicted octanol–water partition coefficient (Wildman–Crippen LogP) is 3.59. The van der Waals surface area contributed by atoms with Crippen LogP contribution >= 0.6 is 11.8 Å². The van der Waals surface area contributed by atoms with Gasteiger partial charge in [-0.3, -0.25) is 4.79 Å². The first kappa shape index (κ1) is 20.5. The van der Waals surface area contributed by atoms with E-state index in [2.05, 4.69) is 5.32 Å². The lowest BCUT2D eigenvalue weighted by Gasteiger charge is -2.18. The molecule has 1 N–H and O–H groups in total. The average Bonchev–Trinajstić information content (AvgIpc) is 2.64. The van der Waals surface area contributed by atoms with Crippen molar-refractivity contribution in [1.82, 2.24) is 4.31 Å². The normalized spacial score (nSPS) is 11.5. The Hall–Kier alpha value is -1.83. The van der Waals surface area contributed by atoms with Gasteiger partial charge >= 0.3 is 0 Å². The first-order valence-corrected chi connectivity index (χ1v) is 11.1. The van der Waals surface area contributed by atoms with Crippen molar-refractivity contribution < 1.29 is 13.2 Å². The van der Waals surface area contributed by atoms with Crippen molar-refractivity contribution in [3.05, 3.63) is 60.2 Å². The quantitative estimate of drug-likeness (QED) is 0.708. The number of anilines is 1. The van der Waals surface area contributed by atoms with Crippen LogP contribution in [-0.4, -0.2) is 37.5 Å². The zero-order chi connectivity index (χ0) is 19.0. The summed E-state index contributed by atoms with van der Waals surface area (Å²) in [5.41, 5.74) is 1.77. The third-order valence-corrected chi connectivity index (χ3v) is 6.89. The van der Waals surface area contributed by atoms with Crippen molar-refractivity contribution in [2.75, 3.05) is 24.2 Å². The number of sulfonamides is 1. The molecule has 26 heavy (non-hydrogen) atoms. The summed E-state index contributed by atoms with van der Waals surface area (Å²) in [6, 6.07) is 16.3. The largest absolute Gasteiger partial charge is 0.325 e. The van der Waals surface area contributed by atoms with E-state index < -0.39 is 10.0 Å². The Bertz CT molecular complexity index is 802. The number of nitrogens with zero attached hydrogens (tertiary/aromatic N) is 1. The van der Waals surface area contributed by atoms with Crippen LogP contribution in [0.25, 0.3) is 0 Å². The number of carbonyl (C=O) groups is 1. The standard InChI is InChI=1S/C19H24N2O3S2/c1-3-21(4-2)26(23,24)18-12-10-17(11-13-18)20-19(22)15-25-14-16-8-6-5-7-9-16/h5-13H,3-4,14-15H2,1-2H3,(H,20,22). The van der Waals surface area contributed by atoms with E-state index in [4.69, 9.17) is 0 Å². The molecule has 0 radical (unpaired) electrons. The maximum absolute atomic E-state index is 12.4. The zero-order valence-electron chi connectivity index (χ0n) is 15.0. The van der Waals surface area contributed by atoms with E-state index in [1.54, 1.807) is 12.1 Å². The molecule has 0 fully saturated rings. The molecule has 0 aliphatic heterocycles. The summed E-state index contributed by atoms with van der Waals surface area (Å²) in [5.74, 6) is 1.01. The van der Waals surface area contributed by atoms with Crippen molar-refractivity contribution in [3.8, 4) is 0 Å². The molecule has 0 aliphatic carbocycles. The number of benzene rings is 2. The molecule has 0 saturated carbocycles. The minimum atomic E-state index is -3.47. The smallest absolute Gasteiger partial charge is 0.243 e. The van der Waals surface area contributed by atoms with Crippen molar-refractivity contribution in [2.24, 2.45) is 0 Å². The first-order chi connectivity index (χ1) is 12.5. The SMILES string of the molecule is CCN(CC)S(=O)(=O)c1ccc(NC(=O)CSCc2ccccc2)cc1. The number of rotatable bonds is 9. The highest BCUT2D eigenvalue weighted by Gasteiger charge is 2.21. The molecule has 2 rings (SSSR count). The maximum atomic E-state index is 12.4. The molecule has 0 aromatic heterocycles. The van der Waals surface area contributed by atoms with Crippen LogP contribution in [0.3, 0.4) is 0 Å². The number of carbonyl (C=O) groups excluding carboxylic acids is 1. The Morgan fingerprint density at radius 3 is 2.19 bits per heavy atom. The highest BCUT2D eigenvalue weighted by atomic mass is 32.2. The van der Waals surface area contributed by atoms with Crippen molar-refractivity contribution in [2.45, 2.75) is 24.5 Å². The number of hydrogen-bond donors (Lipinski definition) is 1. The Morgan fingerprint density at radius 1 is 1.00 bits per heavy atom. The maximum Gasteiger partial charge on any atom is 0.243 e. The molecule has 0 spiro atoms. The lowest BCUT2D eigenvalue weighted by atomic mass is 10.2. The number of thioether (sulfide) groups is 1. The van der Waals surface area contributed by atoms with E-state index >= 15 is 0 Å². The third kappa shape index (κ3) is 5.59. The number of hydrogen-bond acceptors (Lipinski definition) is 4. The summed E-state index contributed by atoms with van der Waals surface area (Å²) in [6.45, 7) is 4.47. The molecule has 0 heterocycles. The summed E-state index contributed by atoms with van der Waals surface area (Å²) in [7, 11) is -3.47. The van der Waals surface area contributed by atoms with Gasteiger partial charge in [0.25, 0.3) is 0 Å². The second-order valence-electron chi connectivity index (χ2n) is 5.64. The summed E-state index contributed by atoms with van der Waals surface area (Å²) in [6.07, 6.45) is 0. The van der Waals surface area contributed by atoms with Gasteiger partial charge in [-0.1, -0.05) is 44.2 Å². The zero-order valence-corrected chi connectivity index (χ0v) is 16.6. The molecule has 0 atom stereocenters. The second kappa shape index (κ2) is 9.75. The molecular weight excluding hydrogens is 368 g/mol. The van der Waals surface area contributed by atoms with Crippen molar-refractivity contribution in [1.29, 1.82) is 0 Å². The predicted molar refractivity (Wildman–Crippen MR) is 108 cm³/mol. The minimum absolute atomic E-state index is 0.106. The fraction of sp³-hybridized carbons (Fsp3) is 0.316. The Kier molecular flexibility index (Phi) is 7.68. The van der Waals surface area contributed by atoms with Gasteiger partial charge in [0, 0.05) is 24.5 Å². The molecule has 7 heteroatoms. The molecule has 2 aromatic carbocycles. The van der Waals surface area contributed by atoms with E-state index in [0.717, 1.165) is 5.75 Å². The van der Waals surface area contributed by atoms with E-state index in [0.29, 0.717) is 24.5 Å². The van der Waals surface area contributed by atoms with Crippen molar-refractivity contribution in [3.63, 3.8) is 0 Å². The minimum Gasteiger partial charge on any atom is -0.325 e. The van der Waals surface area contributed by atoms with Gasteiger partial charge in [-0.25, -0.2) is 8.42 Å². The second-order valence-corrected chi connectivity index (χ2v) is 8.56. The fourth-order valence-electron chi connectivity index (χ4n) is 2.46. The van der Waals surface area contributed by atoms with Crippen LogP contribution in [0.15, 0.2) is 59.5 Å². The van der Waals surface area contributed by atoms with Crippen LogP contribution in [0.5, 0.6) is 0 Å². The molecule has 2 aromatic rings. The molecular formula is C19H24N2O3S2. The van der Waals surface area contributed by atoms with Gasteiger partial charge in [0.05, 0.1) is 10.6 Å². The summed E-state index contributed by atoms with van der Waals surface area (Å²) < 4.78 is 26.3. The molecule has 140 valence electrons. The Balaban J connectivity index is 1.89. The third-order valence-electron chi connectivity index (χ3n) is 3.83. The highest BCUT2D eigenvalue weighted by Crippen LogP contribution is 2.19. The van der Waals surface area contributed by atoms with Crippen molar-refractivity contribution >= 4 is 33.4 Å². The molecule has 0 bridgehead atoms. The van der Waals surface area contributed by atoms with Crippen LogP contribution in [0.1, 0.15) is 19.4 Å². The van der Waals surface area contributed by atoms with Gasteiger partial charge in [-0.05, 0) is 29.8 Å². The van der Waals surface area contributed by atoms with E-state index in [9.17, 15) is 13.2 Å². The first-order valence-electron chi connectivity index (χ1n) is 8.49. The lowest BCUT2D eigenvalue weighted by Crippen LogP contribution is -2.30. The van der Waals surface area contributed by atoms with Gasteiger partial charge in [0.15, 0.2) is 0 Å². The van der Waals surface area contributed by atoms with Gasteiger partial charge in [0.2, 0.25) is 15.9 Å². The van der Waals surface area contributed by atoms with Crippen LogP contribution in [0, 0.1) is 0 Å². The highest BCUT2D eigenvalue weighted by molar-refractivity contribution is 7.99. The van der Waals surface area contributed by atoms with E-state index in [-0.39, 0.29) is 10.8 Å². The van der Waals surface area contributed by atoms with Crippen LogP contribution in [0.4, 0.5) is 5.69 Å². The van der Waals surface area contributed by atoms with E-state index in [1.807, 2.05) is 44.2 Å². The van der Waals surface area contributed by atoms with Crippen LogP contribution in [-0.2, 0) is 20.6 Å². The number of nitrogens with one attached hydrogen (secondary N) is 1. The molecule has 5 nitrogen and oxygen atoms in total. The lowest BCUT2D eigenvalue weighted by molar-refractivity contribution is -0.113. The topological polar surface area (TPSA) is 66.5 Å². The molecule has 0 aliphatic rings. The summed E-state index contributed by atoms with van der Waals surface area (Å²) in [5, 5.41) is 2.80. The summed E-state index contributed by atoms with van der Waals surface area (Å²) in [4.78, 5) is 12.3. The Labute approximate surface area is 159 Å². The van der Waals surface area contributed by atoms with Crippen LogP contribution < -0.4 is 5.32 Å². The fourth-order valence-corrected chi connectivity index (χ4v) is 4.70.